The van der Waals surface area contributed by atoms with E-state index in [9.17, 15) is 9.18 Å². The van der Waals surface area contributed by atoms with Crippen LogP contribution in [0.2, 0.25) is 5.02 Å². The van der Waals surface area contributed by atoms with Crippen LogP contribution in [0.4, 0.5) is 10.1 Å². The molecule has 0 saturated carbocycles. The van der Waals surface area contributed by atoms with E-state index in [1.54, 1.807) is 19.2 Å². The van der Waals surface area contributed by atoms with Crippen molar-refractivity contribution in [1.29, 1.82) is 0 Å². The Morgan fingerprint density at radius 2 is 1.89 bits per heavy atom. The summed E-state index contributed by atoms with van der Waals surface area (Å²) in [4.78, 5) is 14.9. The number of rotatable bonds is 6. The van der Waals surface area contributed by atoms with Gasteiger partial charge in [0.1, 0.15) is 44.3 Å². The minimum absolute atomic E-state index is 0.0874. The number of methoxy groups -OCH3 is 1. The Morgan fingerprint density at radius 3 is 2.59 bits per heavy atom. The van der Waals surface area contributed by atoms with E-state index in [0.717, 1.165) is 44.0 Å². The van der Waals surface area contributed by atoms with Crippen LogP contribution in [0.3, 0.4) is 0 Å². The molecule has 5 nitrogen and oxygen atoms in total. The third kappa shape index (κ3) is 5.66. The zero-order chi connectivity index (χ0) is 19.2. The highest BCUT2D eigenvalue weighted by Gasteiger charge is 2.25. The summed E-state index contributed by atoms with van der Waals surface area (Å²) in [5, 5.41) is 3.48. The molecule has 2 aromatic carbocycles. The van der Waals surface area contributed by atoms with Crippen LogP contribution >= 0.6 is 11.6 Å². The van der Waals surface area contributed by atoms with Crippen LogP contribution in [0.5, 0.6) is 5.75 Å². The Labute approximate surface area is 163 Å². The van der Waals surface area contributed by atoms with Crippen molar-refractivity contribution in [2.24, 2.45) is 0 Å². The SMILES string of the molecule is COc1ccc(Cl)cc1C[NH+]1CC[NH+](CC(=O)Nc2cccc(F)c2)CC1. The normalized spacial score (nSPS) is 19.5. The van der Waals surface area contributed by atoms with Crippen molar-refractivity contribution in [3.05, 3.63) is 58.9 Å². The summed E-state index contributed by atoms with van der Waals surface area (Å²) >= 11 is 6.11. The summed E-state index contributed by atoms with van der Waals surface area (Å²) in [6.45, 7) is 5.01. The highest BCUT2D eigenvalue weighted by Crippen LogP contribution is 2.21. The molecule has 0 unspecified atom stereocenters. The van der Waals surface area contributed by atoms with Crippen molar-refractivity contribution < 1.29 is 23.7 Å². The molecule has 1 heterocycles. The molecule has 1 fully saturated rings. The summed E-state index contributed by atoms with van der Waals surface area (Å²) in [5.41, 5.74) is 1.60. The zero-order valence-corrected chi connectivity index (χ0v) is 16.1. The minimum atomic E-state index is -0.353. The van der Waals surface area contributed by atoms with E-state index in [2.05, 4.69) is 5.32 Å². The van der Waals surface area contributed by atoms with Gasteiger partial charge in [-0.3, -0.25) is 4.79 Å². The quantitative estimate of drug-likeness (QED) is 0.666. The molecular weight excluding hydrogens is 369 g/mol. The van der Waals surface area contributed by atoms with E-state index in [-0.39, 0.29) is 11.7 Å². The fourth-order valence-electron chi connectivity index (χ4n) is 3.46. The molecule has 1 aliphatic heterocycles. The summed E-state index contributed by atoms with van der Waals surface area (Å²) in [5.74, 6) is 0.417. The second-order valence-corrected chi connectivity index (χ2v) is 7.30. The van der Waals surface area contributed by atoms with Gasteiger partial charge in [-0.2, -0.15) is 0 Å². The van der Waals surface area contributed by atoms with E-state index in [1.807, 2.05) is 18.2 Å². The molecule has 3 N–H and O–H groups in total. The van der Waals surface area contributed by atoms with Crippen LogP contribution in [0.15, 0.2) is 42.5 Å². The Bertz CT molecular complexity index is 795. The fourth-order valence-corrected chi connectivity index (χ4v) is 3.66. The topological polar surface area (TPSA) is 47.2 Å². The van der Waals surface area contributed by atoms with Crippen LogP contribution in [-0.2, 0) is 11.3 Å². The summed E-state index contributed by atoms with van der Waals surface area (Å²) in [7, 11) is 1.67. The molecule has 1 aliphatic rings. The fraction of sp³-hybridized carbons (Fsp3) is 0.350. The van der Waals surface area contributed by atoms with Gasteiger partial charge >= 0.3 is 0 Å². The van der Waals surface area contributed by atoms with E-state index >= 15 is 0 Å². The minimum Gasteiger partial charge on any atom is -0.496 e. The van der Waals surface area contributed by atoms with Crippen LogP contribution in [0.25, 0.3) is 0 Å². The van der Waals surface area contributed by atoms with Crippen molar-refractivity contribution in [3.8, 4) is 5.75 Å². The van der Waals surface area contributed by atoms with Crippen molar-refractivity contribution >= 4 is 23.2 Å². The lowest BCUT2D eigenvalue weighted by Crippen LogP contribution is -3.28. The Morgan fingerprint density at radius 1 is 1.15 bits per heavy atom. The smallest absolute Gasteiger partial charge is 0.279 e. The van der Waals surface area contributed by atoms with Gasteiger partial charge in [0.05, 0.1) is 7.11 Å². The first-order valence-electron chi connectivity index (χ1n) is 9.08. The summed E-state index contributed by atoms with van der Waals surface area (Å²) in [6.07, 6.45) is 0. The number of carbonyl (C=O) groups is 1. The van der Waals surface area contributed by atoms with Crippen LogP contribution < -0.4 is 19.9 Å². The number of ether oxygens (including phenoxy) is 1. The lowest BCUT2D eigenvalue weighted by Gasteiger charge is -2.29. The predicted molar refractivity (Wildman–Crippen MR) is 103 cm³/mol. The average molecular weight is 394 g/mol. The maximum absolute atomic E-state index is 13.2. The molecule has 144 valence electrons. The van der Waals surface area contributed by atoms with Crippen LogP contribution in [0.1, 0.15) is 5.56 Å². The molecule has 0 atom stereocenters. The number of hydrogen-bond donors (Lipinski definition) is 3. The first-order chi connectivity index (χ1) is 13.0. The van der Waals surface area contributed by atoms with E-state index in [1.165, 1.54) is 21.9 Å². The first-order valence-corrected chi connectivity index (χ1v) is 9.46. The zero-order valence-electron chi connectivity index (χ0n) is 15.4. The van der Waals surface area contributed by atoms with E-state index < -0.39 is 0 Å². The van der Waals surface area contributed by atoms with Crippen LogP contribution in [0, 0.1) is 5.82 Å². The largest absolute Gasteiger partial charge is 0.496 e. The highest BCUT2D eigenvalue weighted by atomic mass is 35.5. The van der Waals surface area contributed by atoms with E-state index in [0.29, 0.717) is 17.3 Å². The number of piperazine rings is 1. The summed E-state index contributed by atoms with van der Waals surface area (Å²) < 4.78 is 18.6. The molecule has 3 rings (SSSR count). The number of anilines is 1. The average Bonchev–Trinajstić information content (AvgIpc) is 2.63. The lowest BCUT2D eigenvalue weighted by atomic mass is 10.1. The number of quaternary nitrogens is 2. The van der Waals surface area contributed by atoms with Gasteiger partial charge in [0, 0.05) is 16.3 Å². The monoisotopic (exact) mass is 393 g/mol. The molecule has 27 heavy (non-hydrogen) atoms. The van der Waals surface area contributed by atoms with Gasteiger partial charge in [0.2, 0.25) is 0 Å². The standard InChI is InChI=1S/C20H23ClFN3O2/c1-27-19-6-5-16(21)11-15(19)13-24-7-9-25(10-8-24)14-20(26)23-18-4-2-3-17(22)12-18/h2-6,11-12H,7-10,13-14H2,1H3,(H,23,26)/p+2. The Balaban J connectivity index is 1.47. The Hall–Kier alpha value is -2.15. The summed E-state index contributed by atoms with van der Waals surface area (Å²) in [6, 6.07) is 11.7. The second kappa shape index (κ2) is 9.17. The second-order valence-electron chi connectivity index (χ2n) is 6.87. The lowest BCUT2D eigenvalue weighted by molar-refractivity contribution is -1.02. The van der Waals surface area contributed by atoms with Crippen molar-refractivity contribution in [1.82, 2.24) is 0 Å². The third-order valence-electron chi connectivity index (χ3n) is 4.87. The molecule has 1 amide bonds. The van der Waals surface area contributed by atoms with E-state index in [4.69, 9.17) is 16.3 Å². The van der Waals surface area contributed by atoms with Crippen molar-refractivity contribution in [3.63, 3.8) is 0 Å². The molecule has 1 saturated heterocycles. The molecule has 0 radical (unpaired) electrons. The molecule has 0 aliphatic carbocycles. The maximum Gasteiger partial charge on any atom is 0.279 e. The van der Waals surface area contributed by atoms with Gasteiger partial charge in [-0.1, -0.05) is 17.7 Å². The number of hydrogen-bond acceptors (Lipinski definition) is 2. The first kappa shape index (κ1) is 19.6. The molecule has 0 aromatic heterocycles. The number of carbonyl (C=O) groups excluding carboxylic acids is 1. The van der Waals surface area contributed by atoms with Crippen LogP contribution in [-0.4, -0.2) is 45.7 Å². The number of halogens is 2. The molecule has 7 heteroatoms. The van der Waals surface area contributed by atoms with Gasteiger partial charge in [-0.15, -0.1) is 0 Å². The highest BCUT2D eigenvalue weighted by molar-refractivity contribution is 6.30. The Kier molecular flexibility index (Phi) is 6.66. The van der Waals surface area contributed by atoms with Gasteiger partial charge in [0.15, 0.2) is 6.54 Å². The van der Waals surface area contributed by atoms with Gasteiger partial charge < -0.3 is 19.9 Å². The molecule has 0 bridgehead atoms. The van der Waals surface area contributed by atoms with Gasteiger partial charge in [-0.25, -0.2) is 4.39 Å². The number of benzene rings is 2. The number of nitrogens with one attached hydrogen (secondary N) is 3. The maximum atomic E-state index is 13.2. The predicted octanol–water partition coefficient (Wildman–Crippen LogP) is 0.410. The van der Waals surface area contributed by atoms with Gasteiger partial charge in [0.25, 0.3) is 5.91 Å². The molecule has 0 spiro atoms. The van der Waals surface area contributed by atoms with Crippen molar-refractivity contribution in [2.45, 2.75) is 6.54 Å². The molecule has 2 aromatic rings. The molecular formula is C20H25ClFN3O2+2. The third-order valence-corrected chi connectivity index (χ3v) is 5.10. The van der Waals surface area contributed by atoms with Crippen molar-refractivity contribution in [2.75, 3.05) is 45.2 Å². The number of amides is 1. The van der Waals surface area contributed by atoms with Gasteiger partial charge in [-0.05, 0) is 36.4 Å².